The summed E-state index contributed by atoms with van der Waals surface area (Å²) in [7, 11) is 0. The van der Waals surface area contributed by atoms with E-state index in [-0.39, 0.29) is 22.7 Å². The Morgan fingerprint density at radius 2 is 1.97 bits per heavy atom. The van der Waals surface area contributed by atoms with Gasteiger partial charge in [-0.2, -0.15) is 8.78 Å². The minimum Gasteiger partial charge on any atom is -0.350 e. The monoisotopic (exact) mass is 501 g/mol. The normalized spacial score (nSPS) is 16.9. The third-order valence-corrected chi connectivity index (χ3v) is 7.04. The number of Topliss-reactive ketones (excluding diaryl/α,β-unsaturated/α-hetero) is 1. The number of rotatable bonds is 7. The molecule has 0 radical (unpaired) electrons. The molecule has 10 heteroatoms. The highest BCUT2D eigenvalue weighted by atomic mass is 35.5. The molecule has 5 nitrogen and oxygen atoms in total. The molecule has 0 bridgehead atoms. The number of piperazine rings is 1. The van der Waals surface area contributed by atoms with Gasteiger partial charge in [0.1, 0.15) is 5.82 Å². The van der Waals surface area contributed by atoms with Crippen molar-refractivity contribution < 1.29 is 18.4 Å². The molecule has 172 valence electrons. The Morgan fingerprint density at radius 3 is 2.59 bits per heavy atom. The van der Waals surface area contributed by atoms with Crippen LogP contribution in [-0.2, 0) is 4.79 Å². The number of alkyl halides is 2. The molecule has 1 aliphatic heterocycles. The van der Waals surface area contributed by atoms with E-state index in [4.69, 9.17) is 23.2 Å². The summed E-state index contributed by atoms with van der Waals surface area (Å²) in [6.07, 6.45) is 1.12. The molecular formula is C22H23Cl2F2N3O2S. The largest absolute Gasteiger partial charge is 0.350 e. The molecule has 3 rings (SSSR count). The highest BCUT2D eigenvalue weighted by Crippen LogP contribution is 2.31. The fourth-order valence-electron chi connectivity index (χ4n) is 3.41. The van der Waals surface area contributed by atoms with Crippen LogP contribution in [0.4, 0.5) is 14.6 Å². The predicted octanol–water partition coefficient (Wildman–Crippen LogP) is 5.45. The lowest BCUT2D eigenvalue weighted by atomic mass is 10.1. The zero-order valence-electron chi connectivity index (χ0n) is 17.7. The first-order chi connectivity index (χ1) is 15.1. The van der Waals surface area contributed by atoms with Crippen molar-refractivity contribution >= 4 is 52.5 Å². The molecule has 2 aromatic rings. The Morgan fingerprint density at radius 1 is 1.22 bits per heavy atom. The molecule has 1 aromatic heterocycles. The van der Waals surface area contributed by atoms with Gasteiger partial charge in [0.2, 0.25) is 5.78 Å². The van der Waals surface area contributed by atoms with Crippen LogP contribution in [0, 0.1) is 0 Å². The summed E-state index contributed by atoms with van der Waals surface area (Å²) in [6, 6.07) is 8.26. The zero-order valence-corrected chi connectivity index (χ0v) is 20.0. The lowest BCUT2D eigenvalue weighted by molar-refractivity contribution is -0.140. The average molecular weight is 502 g/mol. The Bertz CT molecular complexity index is 1010. The quantitative estimate of drug-likeness (QED) is 0.472. The van der Waals surface area contributed by atoms with Gasteiger partial charge in [-0.15, -0.1) is 11.8 Å². The van der Waals surface area contributed by atoms with E-state index in [1.54, 1.807) is 35.4 Å². The maximum absolute atomic E-state index is 13.5. The van der Waals surface area contributed by atoms with Crippen LogP contribution in [0.5, 0.6) is 0 Å². The maximum Gasteiger partial charge on any atom is 0.305 e. The number of pyridine rings is 1. The van der Waals surface area contributed by atoms with E-state index in [9.17, 15) is 18.4 Å². The average Bonchev–Trinajstić information content (AvgIpc) is 2.77. The molecule has 1 amide bonds. The summed E-state index contributed by atoms with van der Waals surface area (Å²) in [5.74, 6) is -4.26. The standard InChI is InChI=1S/C22H23Cl2F2N3O2S/c1-3-22(25,26)19(30)13-32-18-5-4-15(10-17(18)24)21(31)28-8-9-29(14(2)12-28)20-11-16(23)6-7-27-20/h4-7,10-11,14H,3,8-9,12-13H2,1-2H3. The van der Waals surface area contributed by atoms with E-state index in [0.717, 1.165) is 17.6 Å². The van der Waals surface area contributed by atoms with Crippen LogP contribution in [0.25, 0.3) is 0 Å². The van der Waals surface area contributed by atoms with Gasteiger partial charge in [0.15, 0.2) is 0 Å². The van der Waals surface area contributed by atoms with Crippen molar-refractivity contribution in [2.75, 3.05) is 30.3 Å². The SMILES string of the molecule is CCC(F)(F)C(=O)CSc1ccc(C(=O)N2CCN(c3cc(Cl)ccn3)C(C)C2)cc1Cl. The van der Waals surface area contributed by atoms with Crippen LogP contribution >= 0.6 is 35.0 Å². The fourth-order valence-corrected chi connectivity index (χ4v) is 4.77. The summed E-state index contributed by atoms with van der Waals surface area (Å²) < 4.78 is 26.9. The van der Waals surface area contributed by atoms with E-state index in [1.807, 2.05) is 6.92 Å². The number of nitrogens with zero attached hydrogens (tertiary/aromatic N) is 3. The van der Waals surface area contributed by atoms with Crippen molar-refractivity contribution in [1.29, 1.82) is 0 Å². The number of hydrogen-bond donors (Lipinski definition) is 0. The smallest absolute Gasteiger partial charge is 0.305 e. The number of halogens is 4. The van der Waals surface area contributed by atoms with Crippen LogP contribution < -0.4 is 4.90 Å². The first-order valence-electron chi connectivity index (χ1n) is 10.1. The van der Waals surface area contributed by atoms with Gasteiger partial charge >= 0.3 is 5.92 Å². The highest BCUT2D eigenvalue weighted by molar-refractivity contribution is 8.00. The summed E-state index contributed by atoms with van der Waals surface area (Å²) in [5.41, 5.74) is 0.408. The molecule has 0 N–H and O–H groups in total. The van der Waals surface area contributed by atoms with Crippen LogP contribution in [0.1, 0.15) is 30.6 Å². The van der Waals surface area contributed by atoms with Crippen LogP contribution in [0.3, 0.4) is 0 Å². The number of carbonyl (C=O) groups excluding carboxylic acids is 2. The molecule has 0 aliphatic carbocycles. The van der Waals surface area contributed by atoms with E-state index in [0.29, 0.717) is 35.1 Å². The van der Waals surface area contributed by atoms with Gasteiger partial charge in [-0.05, 0) is 37.3 Å². The van der Waals surface area contributed by atoms with Gasteiger partial charge in [-0.3, -0.25) is 9.59 Å². The topological polar surface area (TPSA) is 53.5 Å². The van der Waals surface area contributed by atoms with Crippen molar-refractivity contribution in [3.8, 4) is 0 Å². The third kappa shape index (κ3) is 5.71. The molecular weight excluding hydrogens is 479 g/mol. The van der Waals surface area contributed by atoms with Crippen molar-refractivity contribution in [3.05, 3.63) is 52.1 Å². The first kappa shape index (κ1) is 24.7. The molecule has 1 unspecified atom stereocenters. The fraction of sp³-hybridized carbons (Fsp3) is 0.409. The molecule has 0 spiro atoms. The third-order valence-electron chi connectivity index (χ3n) is 5.31. The second kappa shape index (κ2) is 10.4. The van der Waals surface area contributed by atoms with Crippen molar-refractivity contribution in [2.45, 2.75) is 37.1 Å². The number of ketones is 1. The van der Waals surface area contributed by atoms with Gasteiger partial charge in [-0.1, -0.05) is 30.1 Å². The van der Waals surface area contributed by atoms with Gasteiger partial charge in [0.25, 0.3) is 5.91 Å². The molecule has 1 aliphatic rings. The molecule has 1 fully saturated rings. The summed E-state index contributed by atoms with van der Waals surface area (Å²) in [5, 5.41) is 0.858. The van der Waals surface area contributed by atoms with Gasteiger partial charge in [0, 0.05) is 53.8 Å². The molecule has 1 atom stereocenters. The van der Waals surface area contributed by atoms with Gasteiger partial charge < -0.3 is 9.80 Å². The first-order valence-corrected chi connectivity index (χ1v) is 11.9. The minimum atomic E-state index is -3.34. The van der Waals surface area contributed by atoms with Crippen molar-refractivity contribution in [1.82, 2.24) is 9.88 Å². The second-order valence-electron chi connectivity index (χ2n) is 7.54. The summed E-state index contributed by atoms with van der Waals surface area (Å²) in [4.78, 5) is 33.3. The number of amides is 1. The summed E-state index contributed by atoms with van der Waals surface area (Å²) >= 11 is 13.3. The minimum absolute atomic E-state index is 0.0372. The zero-order chi connectivity index (χ0) is 23.5. The van der Waals surface area contributed by atoms with Crippen molar-refractivity contribution in [2.24, 2.45) is 0 Å². The predicted molar refractivity (Wildman–Crippen MR) is 124 cm³/mol. The Balaban J connectivity index is 1.63. The van der Waals surface area contributed by atoms with E-state index < -0.39 is 18.1 Å². The Hall–Kier alpha value is -1.90. The lowest BCUT2D eigenvalue weighted by Gasteiger charge is -2.40. The van der Waals surface area contributed by atoms with E-state index in [1.165, 1.54) is 13.0 Å². The Labute approximate surface area is 200 Å². The van der Waals surface area contributed by atoms with Crippen molar-refractivity contribution in [3.63, 3.8) is 0 Å². The molecule has 1 saturated heterocycles. The van der Waals surface area contributed by atoms with E-state index in [2.05, 4.69) is 9.88 Å². The Kier molecular flexibility index (Phi) is 8.01. The van der Waals surface area contributed by atoms with Crippen LogP contribution in [-0.4, -0.2) is 58.9 Å². The number of aromatic nitrogens is 1. The molecule has 0 saturated carbocycles. The number of hydrogen-bond acceptors (Lipinski definition) is 5. The van der Waals surface area contributed by atoms with Crippen LogP contribution in [0.15, 0.2) is 41.4 Å². The van der Waals surface area contributed by atoms with E-state index >= 15 is 0 Å². The number of benzene rings is 1. The lowest BCUT2D eigenvalue weighted by Crippen LogP contribution is -2.54. The molecule has 1 aromatic carbocycles. The molecule has 32 heavy (non-hydrogen) atoms. The maximum atomic E-state index is 13.5. The summed E-state index contributed by atoms with van der Waals surface area (Å²) in [6.45, 7) is 4.89. The van der Waals surface area contributed by atoms with Crippen LogP contribution in [0.2, 0.25) is 10.0 Å². The highest BCUT2D eigenvalue weighted by Gasteiger charge is 2.35. The second-order valence-corrected chi connectivity index (χ2v) is 9.40. The van der Waals surface area contributed by atoms with Gasteiger partial charge in [-0.25, -0.2) is 4.98 Å². The number of carbonyl (C=O) groups is 2. The van der Waals surface area contributed by atoms with Gasteiger partial charge in [0.05, 0.1) is 10.8 Å². The number of thioether (sulfide) groups is 1. The molecule has 2 heterocycles. The number of anilines is 1.